The van der Waals surface area contributed by atoms with Gasteiger partial charge in [-0.2, -0.15) is 0 Å². The number of benzene rings is 1. The van der Waals surface area contributed by atoms with Gasteiger partial charge in [-0.15, -0.1) is 11.3 Å². The summed E-state index contributed by atoms with van der Waals surface area (Å²) in [5, 5.41) is 3.15. The minimum absolute atomic E-state index is 0.0481. The van der Waals surface area contributed by atoms with E-state index >= 15 is 0 Å². The zero-order valence-electron chi connectivity index (χ0n) is 13.8. The van der Waals surface area contributed by atoms with E-state index in [0.717, 1.165) is 23.5 Å². The molecule has 0 radical (unpaired) electrons. The van der Waals surface area contributed by atoms with Crippen LogP contribution in [0.25, 0.3) is 0 Å². The summed E-state index contributed by atoms with van der Waals surface area (Å²) in [4.78, 5) is 17.3. The molecule has 1 N–H and O–H groups in total. The van der Waals surface area contributed by atoms with Gasteiger partial charge in [-0.3, -0.25) is 9.69 Å². The maximum Gasteiger partial charge on any atom is 0.252 e. The number of aryl methyl sites for hydroxylation is 2. The van der Waals surface area contributed by atoms with Crippen molar-refractivity contribution in [3.8, 4) is 0 Å². The maximum absolute atomic E-state index is 12.5. The third-order valence-electron chi connectivity index (χ3n) is 4.51. The molecule has 1 aliphatic heterocycles. The molecule has 1 aliphatic rings. The van der Waals surface area contributed by atoms with Gasteiger partial charge in [0.1, 0.15) is 0 Å². The van der Waals surface area contributed by atoms with Crippen LogP contribution in [-0.2, 0) is 0 Å². The van der Waals surface area contributed by atoms with Crippen molar-refractivity contribution in [2.24, 2.45) is 0 Å². The van der Waals surface area contributed by atoms with Crippen LogP contribution >= 0.6 is 11.3 Å². The van der Waals surface area contributed by atoms with Crippen LogP contribution in [0.4, 0.5) is 0 Å². The molecule has 1 aromatic heterocycles. The molecule has 0 saturated carbocycles. The van der Waals surface area contributed by atoms with E-state index in [4.69, 9.17) is 0 Å². The van der Waals surface area contributed by atoms with Crippen LogP contribution in [0.1, 0.15) is 44.6 Å². The average Bonchev–Trinajstić information content (AvgIpc) is 3.18. The van der Waals surface area contributed by atoms with Crippen LogP contribution in [0, 0.1) is 13.8 Å². The number of carbonyl (C=O) groups is 1. The van der Waals surface area contributed by atoms with Crippen molar-refractivity contribution in [3.63, 3.8) is 0 Å². The van der Waals surface area contributed by atoms with Gasteiger partial charge >= 0.3 is 0 Å². The van der Waals surface area contributed by atoms with E-state index < -0.39 is 0 Å². The highest BCUT2D eigenvalue weighted by Crippen LogP contribution is 2.25. The maximum atomic E-state index is 12.5. The summed E-state index contributed by atoms with van der Waals surface area (Å²) in [7, 11) is 0. The zero-order chi connectivity index (χ0) is 16.2. The van der Waals surface area contributed by atoms with Crippen molar-refractivity contribution in [3.05, 3.63) is 57.3 Å². The molecule has 1 atom stereocenters. The Morgan fingerprint density at radius 1 is 1.22 bits per heavy atom. The Hall–Kier alpha value is -1.65. The van der Waals surface area contributed by atoms with Gasteiger partial charge in [-0.05, 0) is 51.4 Å². The zero-order valence-corrected chi connectivity index (χ0v) is 14.7. The Bertz CT molecular complexity index is 659. The number of likely N-dealkylation sites (tertiary alicyclic amines) is 1. The van der Waals surface area contributed by atoms with E-state index in [0.29, 0.717) is 6.54 Å². The predicted octanol–water partition coefficient (Wildman–Crippen LogP) is 3.93. The van der Waals surface area contributed by atoms with Crippen LogP contribution in [0.3, 0.4) is 0 Å². The van der Waals surface area contributed by atoms with E-state index in [1.165, 1.54) is 23.3 Å². The lowest BCUT2D eigenvalue weighted by Crippen LogP contribution is -2.36. The first-order valence-electron chi connectivity index (χ1n) is 8.29. The molecule has 0 aliphatic carbocycles. The summed E-state index contributed by atoms with van der Waals surface area (Å²) in [6, 6.07) is 12.8. The molecule has 1 unspecified atom stereocenters. The molecular formula is C19H24N2OS. The van der Waals surface area contributed by atoms with E-state index in [1.54, 1.807) is 11.3 Å². The smallest absolute Gasteiger partial charge is 0.252 e. The van der Waals surface area contributed by atoms with Crippen molar-refractivity contribution < 1.29 is 4.79 Å². The number of thiophene rings is 1. The van der Waals surface area contributed by atoms with E-state index in [9.17, 15) is 4.79 Å². The minimum atomic E-state index is 0.0481. The quantitative estimate of drug-likeness (QED) is 0.902. The van der Waals surface area contributed by atoms with Crippen LogP contribution in [0.2, 0.25) is 0 Å². The Kier molecular flexibility index (Phi) is 5.13. The highest BCUT2D eigenvalue weighted by Gasteiger charge is 2.24. The second kappa shape index (κ2) is 7.28. The first-order valence-corrected chi connectivity index (χ1v) is 9.11. The molecule has 1 aromatic carbocycles. The highest BCUT2D eigenvalue weighted by molar-refractivity contribution is 7.12. The second-order valence-electron chi connectivity index (χ2n) is 6.21. The van der Waals surface area contributed by atoms with Crippen LogP contribution in [0.15, 0.2) is 36.4 Å². The largest absolute Gasteiger partial charge is 0.350 e. The van der Waals surface area contributed by atoms with E-state index in [-0.39, 0.29) is 11.9 Å². The topological polar surface area (TPSA) is 32.3 Å². The van der Waals surface area contributed by atoms with E-state index in [1.807, 2.05) is 26.0 Å². The Morgan fingerprint density at radius 3 is 2.52 bits per heavy atom. The van der Waals surface area contributed by atoms with Gasteiger partial charge in [-0.1, -0.05) is 30.3 Å². The number of nitrogens with one attached hydrogen (secondary N) is 1. The molecule has 3 nitrogen and oxygen atoms in total. The molecule has 2 heterocycles. The van der Waals surface area contributed by atoms with Gasteiger partial charge in [0, 0.05) is 16.3 Å². The number of hydrogen-bond acceptors (Lipinski definition) is 3. The molecule has 122 valence electrons. The molecule has 1 amide bonds. The van der Waals surface area contributed by atoms with Crippen molar-refractivity contribution in [1.82, 2.24) is 10.2 Å². The van der Waals surface area contributed by atoms with Crippen molar-refractivity contribution in [2.45, 2.75) is 32.7 Å². The average molecular weight is 328 g/mol. The molecular weight excluding hydrogens is 304 g/mol. The summed E-state index contributed by atoms with van der Waals surface area (Å²) in [6.07, 6.45) is 2.50. The molecule has 4 heteroatoms. The first-order chi connectivity index (χ1) is 11.1. The van der Waals surface area contributed by atoms with Gasteiger partial charge in [0.15, 0.2) is 0 Å². The van der Waals surface area contributed by atoms with Crippen LogP contribution in [-0.4, -0.2) is 30.4 Å². The molecule has 1 saturated heterocycles. The fraction of sp³-hybridized carbons (Fsp3) is 0.421. The lowest BCUT2D eigenvalue weighted by molar-refractivity contribution is 0.0938. The summed E-state index contributed by atoms with van der Waals surface area (Å²) < 4.78 is 0. The first kappa shape index (κ1) is 16.2. The summed E-state index contributed by atoms with van der Waals surface area (Å²) in [6.45, 7) is 6.96. The molecule has 0 spiro atoms. The predicted molar refractivity (Wildman–Crippen MR) is 96.1 cm³/mol. The van der Waals surface area contributed by atoms with Gasteiger partial charge in [0.2, 0.25) is 0 Å². The van der Waals surface area contributed by atoms with Crippen LogP contribution in [0.5, 0.6) is 0 Å². The molecule has 2 aromatic rings. The summed E-state index contributed by atoms with van der Waals surface area (Å²) in [5.41, 5.74) is 2.11. The number of nitrogens with zero attached hydrogens (tertiary/aromatic N) is 1. The number of hydrogen-bond donors (Lipinski definition) is 1. The Balaban J connectivity index is 1.71. The van der Waals surface area contributed by atoms with Crippen molar-refractivity contribution >= 4 is 17.2 Å². The lowest BCUT2D eigenvalue weighted by atomic mass is 10.1. The second-order valence-corrected chi connectivity index (χ2v) is 7.67. The molecule has 3 rings (SSSR count). The highest BCUT2D eigenvalue weighted by atomic mass is 32.1. The van der Waals surface area contributed by atoms with Crippen molar-refractivity contribution in [2.75, 3.05) is 19.6 Å². The number of carbonyl (C=O) groups excluding carboxylic acids is 1. The van der Waals surface area contributed by atoms with Gasteiger partial charge in [0.25, 0.3) is 5.91 Å². The fourth-order valence-electron chi connectivity index (χ4n) is 3.33. The Labute approximate surface area is 142 Å². The summed E-state index contributed by atoms with van der Waals surface area (Å²) >= 11 is 1.68. The monoisotopic (exact) mass is 328 g/mol. The van der Waals surface area contributed by atoms with Gasteiger partial charge < -0.3 is 5.32 Å². The van der Waals surface area contributed by atoms with Gasteiger partial charge in [-0.25, -0.2) is 0 Å². The third kappa shape index (κ3) is 3.82. The molecule has 0 bridgehead atoms. The normalized spacial score (nSPS) is 16.4. The van der Waals surface area contributed by atoms with Gasteiger partial charge in [0.05, 0.1) is 11.6 Å². The lowest BCUT2D eigenvalue weighted by Gasteiger charge is -2.28. The third-order valence-corrected chi connectivity index (χ3v) is 5.47. The van der Waals surface area contributed by atoms with Crippen LogP contribution < -0.4 is 5.32 Å². The minimum Gasteiger partial charge on any atom is -0.350 e. The van der Waals surface area contributed by atoms with Crippen molar-refractivity contribution in [1.29, 1.82) is 0 Å². The Morgan fingerprint density at radius 2 is 1.91 bits per heavy atom. The number of amides is 1. The molecule has 1 fully saturated rings. The van der Waals surface area contributed by atoms with E-state index in [2.05, 4.69) is 34.5 Å². The standard InChI is InChI=1S/C19H24N2OS/c1-14-12-17(15(2)23-14)19(22)20-13-18(21-10-6-7-11-21)16-8-4-3-5-9-16/h3-5,8-9,12,18H,6-7,10-11,13H2,1-2H3,(H,20,22). The molecule has 23 heavy (non-hydrogen) atoms. The summed E-state index contributed by atoms with van der Waals surface area (Å²) in [5.74, 6) is 0.0481. The SMILES string of the molecule is Cc1cc(C(=O)NCC(c2ccccc2)N2CCCC2)c(C)s1. The number of rotatable bonds is 5. The fourth-order valence-corrected chi connectivity index (χ4v) is 4.25.